The number of nitrogens with zero attached hydrogens (tertiary/aromatic N) is 2. The van der Waals surface area contributed by atoms with Crippen LogP contribution in [0.4, 0.5) is 5.69 Å². The lowest BCUT2D eigenvalue weighted by atomic mass is 9.88. The summed E-state index contributed by atoms with van der Waals surface area (Å²) in [6.07, 6.45) is 2.64. The Labute approximate surface area is 107 Å². The molecule has 5 heteroatoms. The first kappa shape index (κ1) is 12.8. The van der Waals surface area contributed by atoms with Crippen molar-refractivity contribution >= 4 is 11.6 Å². The number of anilines is 1. The first-order chi connectivity index (χ1) is 8.58. The number of nitrogens with one attached hydrogen (secondary N) is 1. The number of pyridine rings is 1. The molecule has 0 atom stereocenters. The molecule has 0 radical (unpaired) electrons. The molecule has 0 spiro atoms. The Morgan fingerprint density at radius 1 is 1.56 bits per heavy atom. The molecule has 98 valence electrons. The Morgan fingerprint density at radius 2 is 2.28 bits per heavy atom. The van der Waals surface area contributed by atoms with Crippen molar-refractivity contribution in [1.82, 2.24) is 10.3 Å². The highest BCUT2D eigenvalue weighted by molar-refractivity contribution is 5.93. The maximum absolute atomic E-state index is 11.7. The molecule has 0 unspecified atom stereocenters. The first-order valence-corrected chi connectivity index (χ1v) is 6.36. The van der Waals surface area contributed by atoms with Crippen LogP contribution in [0, 0.1) is 0 Å². The van der Waals surface area contributed by atoms with Crippen LogP contribution >= 0.6 is 0 Å². The highest BCUT2D eigenvalue weighted by Gasteiger charge is 2.37. The van der Waals surface area contributed by atoms with Crippen molar-refractivity contribution in [2.24, 2.45) is 5.73 Å². The Bertz CT molecular complexity index is 440. The van der Waals surface area contributed by atoms with Gasteiger partial charge in [0.05, 0.1) is 5.54 Å². The molecule has 1 aliphatic rings. The van der Waals surface area contributed by atoms with Crippen LogP contribution < -0.4 is 16.0 Å². The van der Waals surface area contributed by atoms with Crippen LogP contribution in [-0.4, -0.2) is 36.1 Å². The SMILES string of the molecule is CCNC(=O)c1cc(N2CC(N)(CC)C2)ccn1. The van der Waals surface area contributed by atoms with Gasteiger partial charge in [-0.2, -0.15) is 0 Å². The third kappa shape index (κ3) is 2.46. The molecule has 0 bridgehead atoms. The summed E-state index contributed by atoms with van der Waals surface area (Å²) in [7, 11) is 0. The van der Waals surface area contributed by atoms with E-state index in [4.69, 9.17) is 5.73 Å². The molecule has 2 heterocycles. The summed E-state index contributed by atoms with van der Waals surface area (Å²) in [4.78, 5) is 18.0. The van der Waals surface area contributed by atoms with E-state index >= 15 is 0 Å². The maximum Gasteiger partial charge on any atom is 0.269 e. The molecule has 0 aliphatic carbocycles. The number of nitrogens with two attached hydrogens (primary N) is 1. The predicted octanol–water partition coefficient (Wildman–Crippen LogP) is 0.759. The summed E-state index contributed by atoms with van der Waals surface area (Å²) in [5.41, 5.74) is 7.54. The van der Waals surface area contributed by atoms with E-state index in [1.807, 2.05) is 19.1 Å². The van der Waals surface area contributed by atoms with Crippen molar-refractivity contribution < 1.29 is 4.79 Å². The minimum atomic E-state index is -0.130. The van der Waals surface area contributed by atoms with E-state index in [2.05, 4.69) is 22.1 Å². The van der Waals surface area contributed by atoms with Crippen LogP contribution in [0.1, 0.15) is 30.8 Å². The van der Waals surface area contributed by atoms with Crippen molar-refractivity contribution in [3.05, 3.63) is 24.0 Å². The monoisotopic (exact) mass is 248 g/mol. The second kappa shape index (κ2) is 4.94. The lowest BCUT2D eigenvalue weighted by molar-refractivity contribution is 0.0951. The fourth-order valence-electron chi connectivity index (χ4n) is 2.11. The molecule has 5 nitrogen and oxygen atoms in total. The molecule has 18 heavy (non-hydrogen) atoms. The summed E-state index contributed by atoms with van der Waals surface area (Å²) < 4.78 is 0. The normalized spacial score (nSPS) is 17.2. The van der Waals surface area contributed by atoms with Gasteiger partial charge in [0.25, 0.3) is 5.91 Å². The first-order valence-electron chi connectivity index (χ1n) is 6.36. The molecule has 2 rings (SSSR count). The van der Waals surface area contributed by atoms with Crippen molar-refractivity contribution in [3.8, 4) is 0 Å². The summed E-state index contributed by atoms with van der Waals surface area (Å²) in [5, 5.41) is 2.75. The van der Waals surface area contributed by atoms with Gasteiger partial charge < -0.3 is 16.0 Å². The fourth-order valence-corrected chi connectivity index (χ4v) is 2.11. The minimum absolute atomic E-state index is 0.0743. The van der Waals surface area contributed by atoms with Crippen LogP contribution in [0.25, 0.3) is 0 Å². The lowest BCUT2D eigenvalue weighted by Gasteiger charge is -2.48. The second-order valence-electron chi connectivity index (χ2n) is 4.83. The van der Waals surface area contributed by atoms with Crippen molar-refractivity contribution in [1.29, 1.82) is 0 Å². The van der Waals surface area contributed by atoms with E-state index < -0.39 is 0 Å². The summed E-state index contributed by atoms with van der Waals surface area (Å²) >= 11 is 0. The standard InChI is InChI=1S/C13H20N4O/c1-3-13(14)8-17(9-13)10-5-6-16-11(7-10)12(18)15-4-2/h5-7H,3-4,8-9,14H2,1-2H3,(H,15,18). The number of rotatable bonds is 4. The molecule has 0 aromatic carbocycles. The molecule has 1 saturated heterocycles. The van der Waals surface area contributed by atoms with Gasteiger partial charge in [0.2, 0.25) is 0 Å². The van der Waals surface area contributed by atoms with Gasteiger partial charge in [0.15, 0.2) is 0 Å². The Morgan fingerprint density at radius 3 is 2.89 bits per heavy atom. The summed E-state index contributed by atoms with van der Waals surface area (Å²) in [5.74, 6) is -0.130. The Hall–Kier alpha value is -1.62. The second-order valence-corrected chi connectivity index (χ2v) is 4.83. The average molecular weight is 248 g/mol. The summed E-state index contributed by atoms with van der Waals surface area (Å²) in [6.45, 7) is 6.27. The van der Waals surface area contributed by atoms with E-state index in [9.17, 15) is 4.79 Å². The maximum atomic E-state index is 11.7. The van der Waals surface area contributed by atoms with Gasteiger partial charge in [0, 0.05) is 31.5 Å². The number of aromatic nitrogens is 1. The van der Waals surface area contributed by atoms with Gasteiger partial charge in [-0.1, -0.05) is 6.92 Å². The quantitative estimate of drug-likeness (QED) is 0.825. The molecule has 1 amide bonds. The molecular formula is C13H20N4O. The Balaban J connectivity index is 2.07. The zero-order valence-electron chi connectivity index (χ0n) is 10.9. The topological polar surface area (TPSA) is 71.2 Å². The van der Waals surface area contributed by atoms with Crippen LogP contribution in [-0.2, 0) is 0 Å². The molecule has 0 saturated carbocycles. The number of carbonyl (C=O) groups is 1. The van der Waals surface area contributed by atoms with Crippen LogP contribution in [0.2, 0.25) is 0 Å². The van der Waals surface area contributed by atoms with Gasteiger partial charge in [-0.3, -0.25) is 9.78 Å². The third-order valence-electron chi connectivity index (χ3n) is 3.39. The molecule has 1 aromatic rings. The van der Waals surface area contributed by atoms with Crippen LogP contribution in [0.5, 0.6) is 0 Å². The zero-order valence-corrected chi connectivity index (χ0v) is 10.9. The number of carbonyl (C=O) groups excluding carboxylic acids is 1. The van der Waals surface area contributed by atoms with Crippen molar-refractivity contribution in [2.45, 2.75) is 25.8 Å². The minimum Gasteiger partial charge on any atom is -0.368 e. The molecular weight excluding hydrogens is 228 g/mol. The van der Waals surface area contributed by atoms with E-state index in [1.54, 1.807) is 6.20 Å². The van der Waals surface area contributed by atoms with Crippen molar-refractivity contribution in [3.63, 3.8) is 0 Å². The third-order valence-corrected chi connectivity index (χ3v) is 3.39. The summed E-state index contributed by atoms with van der Waals surface area (Å²) in [6, 6.07) is 3.73. The van der Waals surface area contributed by atoms with Gasteiger partial charge in [0.1, 0.15) is 5.69 Å². The average Bonchev–Trinajstić information content (AvgIpc) is 2.35. The smallest absolute Gasteiger partial charge is 0.269 e. The van der Waals surface area contributed by atoms with Gasteiger partial charge in [-0.15, -0.1) is 0 Å². The predicted molar refractivity (Wildman–Crippen MR) is 71.7 cm³/mol. The molecule has 1 aliphatic heterocycles. The highest BCUT2D eigenvalue weighted by atomic mass is 16.1. The fraction of sp³-hybridized carbons (Fsp3) is 0.538. The lowest BCUT2D eigenvalue weighted by Crippen LogP contribution is -2.67. The Kier molecular flexibility index (Phi) is 3.52. The highest BCUT2D eigenvalue weighted by Crippen LogP contribution is 2.27. The number of hydrogen-bond acceptors (Lipinski definition) is 4. The molecule has 3 N–H and O–H groups in total. The van der Waals surface area contributed by atoms with E-state index in [0.29, 0.717) is 12.2 Å². The van der Waals surface area contributed by atoms with E-state index in [-0.39, 0.29) is 11.4 Å². The van der Waals surface area contributed by atoms with Gasteiger partial charge in [-0.05, 0) is 25.5 Å². The van der Waals surface area contributed by atoms with Gasteiger partial charge in [-0.25, -0.2) is 0 Å². The number of amides is 1. The zero-order chi connectivity index (χ0) is 13.2. The van der Waals surface area contributed by atoms with Crippen LogP contribution in [0.15, 0.2) is 18.3 Å². The van der Waals surface area contributed by atoms with Crippen LogP contribution in [0.3, 0.4) is 0 Å². The van der Waals surface area contributed by atoms with E-state index in [1.165, 1.54) is 0 Å². The molecule has 1 fully saturated rings. The van der Waals surface area contributed by atoms with Crippen molar-refractivity contribution in [2.75, 3.05) is 24.5 Å². The largest absolute Gasteiger partial charge is 0.368 e. The molecule has 1 aromatic heterocycles. The van der Waals surface area contributed by atoms with E-state index in [0.717, 1.165) is 25.2 Å². The number of hydrogen-bond donors (Lipinski definition) is 2. The van der Waals surface area contributed by atoms with Gasteiger partial charge >= 0.3 is 0 Å².